The van der Waals surface area contributed by atoms with Crippen molar-refractivity contribution < 1.29 is 9.13 Å². The Balaban J connectivity index is 2.37. The Morgan fingerprint density at radius 1 is 1.35 bits per heavy atom. The maximum Gasteiger partial charge on any atom is 0.123 e. The molecule has 3 heteroatoms. The van der Waals surface area contributed by atoms with E-state index in [9.17, 15) is 4.39 Å². The van der Waals surface area contributed by atoms with Gasteiger partial charge in [0.25, 0.3) is 0 Å². The van der Waals surface area contributed by atoms with Crippen LogP contribution in [0.3, 0.4) is 0 Å². The van der Waals surface area contributed by atoms with E-state index < -0.39 is 0 Å². The highest BCUT2D eigenvalue weighted by Gasteiger charge is 2.38. The van der Waals surface area contributed by atoms with E-state index in [1.807, 2.05) is 0 Å². The van der Waals surface area contributed by atoms with Crippen molar-refractivity contribution in [3.63, 3.8) is 0 Å². The summed E-state index contributed by atoms with van der Waals surface area (Å²) in [5, 5.41) is 3.62. The quantitative estimate of drug-likeness (QED) is 0.830. The average molecular weight is 279 g/mol. The van der Waals surface area contributed by atoms with Crippen molar-refractivity contribution in [3.8, 4) is 5.75 Å². The molecule has 0 saturated heterocycles. The Labute approximate surface area is 121 Å². The van der Waals surface area contributed by atoms with E-state index in [1.54, 1.807) is 19.2 Å². The average Bonchev–Trinajstić information content (AvgIpc) is 2.87. The summed E-state index contributed by atoms with van der Waals surface area (Å²) in [7, 11) is 1.66. The van der Waals surface area contributed by atoms with Gasteiger partial charge in [-0.3, -0.25) is 0 Å². The predicted molar refractivity (Wildman–Crippen MR) is 80.6 cm³/mol. The Hall–Kier alpha value is -1.09. The van der Waals surface area contributed by atoms with Crippen LogP contribution in [0.15, 0.2) is 18.2 Å². The highest BCUT2D eigenvalue weighted by molar-refractivity contribution is 5.38. The molecule has 1 aliphatic carbocycles. The van der Waals surface area contributed by atoms with E-state index in [1.165, 1.54) is 31.7 Å². The van der Waals surface area contributed by atoms with E-state index >= 15 is 0 Å². The first-order valence-electron chi connectivity index (χ1n) is 7.67. The fraction of sp³-hybridized carbons (Fsp3) is 0.647. The molecule has 1 aromatic carbocycles. The molecule has 0 aliphatic heterocycles. The van der Waals surface area contributed by atoms with E-state index in [4.69, 9.17) is 4.74 Å². The third-order valence-corrected chi connectivity index (χ3v) is 4.54. The molecular weight excluding hydrogens is 253 g/mol. The summed E-state index contributed by atoms with van der Waals surface area (Å²) >= 11 is 0. The summed E-state index contributed by atoms with van der Waals surface area (Å²) in [4.78, 5) is 0. The number of halogens is 1. The molecule has 2 nitrogen and oxygen atoms in total. The molecule has 0 spiro atoms. The molecule has 1 aliphatic rings. The van der Waals surface area contributed by atoms with Crippen LogP contribution in [-0.2, 0) is 0 Å². The molecule has 0 aromatic heterocycles. The van der Waals surface area contributed by atoms with Crippen molar-refractivity contribution in [1.82, 2.24) is 5.32 Å². The maximum atomic E-state index is 13.7. The first-order chi connectivity index (χ1) is 9.60. The molecule has 0 amide bonds. The topological polar surface area (TPSA) is 21.3 Å². The zero-order chi connectivity index (χ0) is 14.6. The van der Waals surface area contributed by atoms with Gasteiger partial charge in [0.15, 0.2) is 0 Å². The molecule has 1 atom stereocenters. The van der Waals surface area contributed by atoms with Crippen molar-refractivity contribution >= 4 is 0 Å². The lowest BCUT2D eigenvalue weighted by Crippen LogP contribution is -2.35. The number of hydrogen-bond acceptors (Lipinski definition) is 2. The normalized spacial score (nSPS) is 19.0. The Morgan fingerprint density at radius 3 is 2.65 bits per heavy atom. The predicted octanol–water partition coefficient (Wildman–Crippen LogP) is 4.46. The Bertz CT molecular complexity index is 441. The third kappa shape index (κ3) is 3.14. The van der Waals surface area contributed by atoms with E-state index in [2.05, 4.69) is 19.2 Å². The van der Waals surface area contributed by atoms with Gasteiger partial charge in [0.05, 0.1) is 7.11 Å². The molecule has 1 unspecified atom stereocenters. The molecule has 0 radical (unpaired) electrons. The molecule has 1 fully saturated rings. The molecular formula is C17H26FNO. The number of hydrogen-bond donors (Lipinski definition) is 1. The molecule has 2 rings (SSSR count). The minimum Gasteiger partial charge on any atom is -0.496 e. The summed E-state index contributed by atoms with van der Waals surface area (Å²) in [6.45, 7) is 5.42. The van der Waals surface area contributed by atoms with Crippen LogP contribution < -0.4 is 10.1 Å². The lowest BCUT2D eigenvalue weighted by atomic mass is 9.77. The van der Waals surface area contributed by atoms with Crippen LogP contribution in [0.5, 0.6) is 5.75 Å². The smallest absolute Gasteiger partial charge is 0.123 e. The first-order valence-corrected chi connectivity index (χ1v) is 7.67. The molecule has 1 saturated carbocycles. The molecule has 1 N–H and O–H groups in total. The van der Waals surface area contributed by atoms with Crippen LogP contribution in [0.1, 0.15) is 57.6 Å². The summed E-state index contributed by atoms with van der Waals surface area (Å²) in [5.74, 6) is 0.596. The lowest BCUT2D eigenvalue weighted by Gasteiger charge is -2.36. The van der Waals surface area contributed by atoms with Gasteiger partial charge in [-0.05, 0) is 49.4 Å². The number of rotatable bonds is 6. The monoisotopic (exact) mass is 279 g/mol. The first kappa shape index (κ1) is 15.3. The van der Waals surface area contributed by atoms with Crippen LogP contribution in [-0.4, -0.2) is 13.7 Å². The fourth-order valence-electron chi connectivity index (χ4n) is 3.42. The van der Waals surface area contributed by atoms with Gasteiger partial charge < -0.3 is 10.1 Å². The number of methoxy groups -OCH3 is 1. The second-order valence-corrected chi connectivity index (χ2v) is 6.13. The van der Waals surface area contributed by atoms with Gasteiger partial charge in [0.2, 0.25) is 0 Å². The van der Waals surface area contributed by atoms with Gasteiger partial charge in [0, 0.05) is 11.6 Å². The van der Waals surface area contributed by atoms with E-state index in [0.29, 0.717) is 0 Å². The third-order valence-electron chi connectivity index (χ3n) is 4.54. The van der Waals surface area contributed by atoms with Crippen LogP contribution in [0.25, 0.3) is 0 Å². The fourth-order valence-corrected chi connectivity index (χ4v) is 3.42. The van der Waals surface area contributed by atoms with Gasteiger partial charge in [0.1, 0.15) is 11.6 Å². The molecule has 1 aromatic rings. The van der Waals surface area contributed by atoms with Crippen molar-refractivity contribution in [2.75, 3.05) is 13.7 Å². The van der Waals surface area contributed by atoms with Crippen molar-refractivity contribution in [1.29, 1.82) is 0 Å². The lowest BCUT2D eigenvalue weighted by molar-refractivity contribution is 0.218. The van der Waals surface area contributed by atoms with E-state index in [0.717, 1.165) is 24.3 Å². The van der Waals surface area contributed by atoms with Crippen molar-refractivity contribution in [3.05, 3.63) is 29.6 Å². The zero-order valence-electron chi connectivity index (χ0n) is 12.8. The molecule has 112 valence electrons. The van der Waals surface area contributed by atoms with Crippen LogP contribution in [0.4, 0.5) is 4.39 Å². The second kappa shape index (κ2) is 6.57. The van der Waals surface area contributed by atoms with Gasteiger partial charge in [-0.1, -0.05) is 26.7 Å². The molecule has 0 bridgehead atoms. The van der Waals surface area contributed by atoms with Crippen LogP contribution in [0, 0.1) is 11.2 Å². The second-order valence-electron chi connectivity index (χ2n) is 6.13. The highest BCUT2D eigenvalue weighted by atomic mass is 19.1. The van der Waals surface area contributed by atoms with E-state index in [-0.39, 0.29) is 17.3 Å². The SMILES string of the molecule is CCCNC(c1cc(F)ccc1OC)C1(C)CCCC1. The molecule has 0 heterocycles. The summed E-state index contributed by atoms with van der Waals surface area (Å²) in [6, 6.07) is 5.01. The summed E-state index contributed by atoms with van der Waals surface area (Å²) in [6.07, 6.45) is 5.98. The molecule has 20 heavy (non-hydrogen) atoms. The van der Waals surface area contributed by atoms with Crippen molar-refractivity contribution in [2.45, 2.75) is 52.0 Å². The van der Waals surface area contributed by atoms with Gasteiger partial charge in [-0.25, -0.2) is 4.39 Å². The van der Waals surface area contributed by atoms with Crippen molar-refractivity contribution in [2.24, 2.45) is 5.41 Å². The standard InChI is InChI=1S/C17H26FNO/c1-4-11-19-16(17(2)9-5-6-10-17)14-12-13(18)7-8-15(14)20-3/h7-8,12,16,19H,4-6,9-11H2,1-3H3. The summed E-state index contributed by atoms with van der Waals surface area (Å²) in [5.41, 5.74) is 1.15. The maximum absolute atomic E-state index is 13.7. The summed E-state index contributed by atoms with van der Waals surface area (Å²) < 4.78 is 19.2. The number of ether oxygens (including phenoxy) is 1. The zero-order valence-corrected chi connectivity index (χ0v) is 12.8. The Kier molecular flexibility index (Phi) is 5.03. The van der Waals surface area contributed by atoms with Gasteiger partial charge in [-0.15, -0.1) is 0 Å². The minimum absolute atomic E-state index is 0.163. The van der Waals surface area contributed by atoms with Gasteiger partial charge >= 0.3 is 0 Å². The minimum atomic E-state index is -0.189. The van der Waals surface area contributed by atoms with Gasteiger partial charge in [-0.2, -0.15) is 0 Å². The van der Waals surface area contributed by atoms with Crippen LogP contribution in [0.2, 0.25) is 0 Å². The Morgan fingerprint density at radius 2 is 2.05 bits per heavy atom. The number of benzene rings is 1. The largest absolute Gasteiger partial charge is 0.496 e. The van der Waals surface area contributed by atoms with Crippen LogP contribution >= 0.6 is 0 Å². The number of nitrogens with one attached hydrogen (secondary N) is 1. The highest BCUT2D eigenvalue weighted by Crippen LogP contribution is 2.49.